The summed E-state index contributed by atoms with van der Waals surface area (Å²) in [5.41, 5.74) is 8.27. The molecule has 0 saturated carbocycles. The van der Waals surface area contributed by atoms with E-state index < -0.39 is 0 Å². The third kappa shape index (κ3) is 5.64. The normalized spacial score (nSPS) is 10.5. The zero-order valence-electron chi connectivity index (χ0n) is 13.5. The van der Waals surface area contributed by atoms with Gasteiger partial charge in [0.25, 0.3) is 5.91 Å². The van der Waals surface area contributed by atoms with Gasteiger partial charge in [-0.2, -0.15) is 0 Å². The Morgan fingerprint density at radius 3 is 2.70 bits per heavy atom. The van der Waals surface area contributed by atoms with Crippen LogP contribution in [0.25, 0.3) is 0 Å². The molecule has 0 unspecified atom stereocenters. The summed E-state index contributed by atoms with van der Waals surface area (Å²) in [6, 6.07) is 15.8. The first-order chi connectivity index (χ1) is 11.2. The lowest BCUT2D eigenvalue weighted by Crippen LogP contribution is -2.26. The van der Waals surface area contributed by atoms with E-state index in [1.165, 1.54) is 18.4 Å². The van der Waals surface area contributed by atoms with Crippen molar-refractivity contribution in [2.24, 2.45) is 0 Å². The molecule has 2 rings (SSSR count). The molecule has 23 heavy (non-hydrogen) atoms. The van der Waals surface area contributed by atoms with Crippen LogP contribution < -0.4 is 11.1 Å². The van der Waals surface area contributed by atoms with Gasteiger partial charge < -0.3 is 11.1 Å². The summed E-state index contributed by atoms with van der Waals surface area (Å²) < 4.78 is 0. The van der Waals surface area contributed by atoms with Gasteiger partial charge in [0.15, 0.2) is 0 Å². The van der Waals surface area contributed by atoms with Crippen molar-refractivity contribution in [3.63, 3.8) is 0 Å². The second-order valence-corrected chi connectivity index (χ2v) is 6.61. The zero-order chi connectivity index (χ0) is 16.5. The van der Waals surface area contributed by atoms with E-state index in [1.54, 1.807) is 11.8 Å². The summed E-state index contributed by atoms with van der Waals surface area (Å²) in [4.78, 5) is 13.4. The number of nitrogens with one attached hydrogen (secondary N) is 1. The lowest BCUT2D eigenvalue weighted by molar-refractivity contribution is 0.0955. The van der Waals surface area contributed by atoms with E-state index >= 15 is 0 Å². The molecule has 0 bridgehead atoms. The molecule has 0 aliphatic rings. The highest BCUT2D eigenvalue weighted by atomic mass is 32.2. The minimum atomic E-state index is -0.101. The molecule has 3 N–H and O–H groups in total. The van der Waals surface area contributed by atoms with Crippen LogP contribution in [0.5, 0.6) is 0 Å². The Balaban J connectivity index is 1.91. The van der Waals surface area contributed by atoms with Gasteiger partial charge in [0.05, 0.1) is 5.56 Å². The molecule has 2 aromatic carbocycles. The van der Waals surface area contributed by atoms with Crippen LogP contribution in [0.4, 0.5) is 5.69 Å². The third-order valence-corrected chi connectivity index (χ3v) is 4.66. The molecule has 122 valence electrons. The molecular formula is C19H24N2OS. The van der Waals surface area contributed by atoms with E-state index in [0.717, 1.165) is 17.1 Å². The standard InChI is InChI=1S/C19H24N2OS/c1-2-3-13-23-16-9-10-18(20)17(14-16)19(22)21-12-11-15-7-5-4-6-8-15/h4-10,14H,2-3,11-13,20H2,1H3,(H,21,22). The molecule has 2 aromatic rings. The summed E-state index contributed by atoms with van der Waals surface area (Å²) in [5.74, 6) is 0.964. The molecule has 0 aromatic heterocycles. The fraction of sp³-hybridized carbons (Fsp3) is 0.316. The van der Waals surface area contributed by atoms with E-state index in [1.807, 2.05) is 36.4 Å². The summed E-state index contributed by atoms with van der Waals surface area (Å²) in [6.45, 7) is 2.78. The largest absolute Gasteiger partial charge is 0.398 e. The molecule has 4 heteroatoms. The van der Waals surface area contributed by atoms with Crippen LogP contribution in [-0.2, 0) is 6.42 Å². The predicted molar refractivity (Wildman–Crippen MR) is 99.0 cm³/mol. The van der Waals surface area contributed by atoms with Crippen molar-refractivity contribution < 1.29 is 4.79 Å². The van der Waals surface area contributed by atoms with Crippen LogP contribution in [-0.4, -0.2) is 18.2 Å². The van der Waals surface area contributed by atoms with Gasteiger partial charge in [-0.1, -0.05) is 43.7 Å². The minimum absolute atomic E-state index is 0.101. The minimum Gasteiger partial charge on any atom is -0.398 e. The fourth-order valence-corrected chi connectivity index (χ4v) is 3.25. The highest BCUT2D eigenvalue weighted by molar-refractivity contribution is 7.99. The molecule has 0 aliphatic carbocycles. The second kappa shape index (κ2) is 9.26. The van der Waals surface area contributed by atoms with Crippen LogP contribution in [0.15, 0.2) is 53.4 Å². The highest BCUT2D eigenvalue weighted by Crippen LogP contribution is 2.24. The maximum Gasteiger partial charge on any atom is 0.253 e. The van der Waals surface area contributed by atoms with Crippen molar-refractivity contribution in [1.82, 2.24) is 5.32 Å². The second-order valence-electron chi connectivity index (χ2n) is 5.44. The maximum atomic E-state index is 12.3. The topological polar surface area (TPSA) is 55.1 Å². The van der Waals surface area contributed by atoms with Gasteiger partial charge in [-0.25, -0.2) is 0 Å². The molecule has 0 heterocycles. The SMILES string of the molecule is CCCCSc1ccc(N)c(C(=O)NCCc2ccccc2)c1. The van der Waals surface area contributed by atoms with Crippen LogP contribution in [0.1, 0.15) is 35.7 Å². The van der Waals surface area contributed by atoms with Gasteiger partial charge in [0.1, 0.15) is 0 Å². The van der Waals surface area contributed by atoms with Gasteiger partial charge >= 0.3 is 0 Å². The number of nitrogen functional groups attached to an aromatic ring is 1. The number of rotatable bonds is 8. The molecular weight excluding hydrogens is 304 g/mol. The lowest BCUT2D eigenvalue weighted by Gasteiger charge is -2.10. The Morgan fingerprint density at radius 1 is 1.17 bits per heavy atom. The summed E-state index contributed by atoms with van der Waals surface area (Å²) >= 11 is 1.77. The number of carbonyl (C=O) groups excluding carboxylic acids is 1. The molecule has 0 atom stereocenters. The quantitative estimate of drug-likeness (QED) is 0.435. The number of anilines is 1. The first-order valence-corrected chi connectivity index (χ1v) is 9.03. The monoisotopic (exact) mass is 328 g/mol. The van der Waals surface area contributed by atoms with Crippen LogP contribution in [0.2, 0.25) is 0 Å². The van der Waals surface area contributed by atoms with Crippen LogP contribution >= 0.6 is 11.8 Å². The molecule has 3 nitrogen and oxygen atoms in total. The summed E-state index contributed by atoms with van der Waals surface area (Å²) in [5, 5.41) is 2.95. The van der Waals surface area contributed by atoms with Gasteiger partial charge in [-0.15, -0.1) is 11.8 Å². The Bertz CT molecular complexity index is 629. The molecule has 0 fully saturated rings. The summed E-state index contributed by atoms with van der Waals surface area (Å²) in [6.07, 6.45) is 3.17. The van der Waals surface area contributed by atoms with E-state index in [2.05, 4.69) is 24.4 Å². The molecule has 0 saturated heterocycles. The average molecular weight is 328 g/mol. The fourth-order valence-electron chi connectivity index (χ4n) is 2.22. The van der Waals surface area contributed by atoms with Crippen molar-refractivity contribution in [1.29, 1.82) is 0 Å². The van der Waals surface area contributed by atoms with E-state index in [9.17, 15) is 4.79 Å². The number of carbonyl (C=O) groups is 1. The van der Waals surface area contributed by atoms with Gasteiger partial charge in [0, 0.05) is 17.1 Å². The molecule has 0 aliphatic heterocycles. The van der Waals surface area contributed by atoms with Crippen molar-refractivity contribution in [2.75, 3.05) is 18.0 Å². The molecule has 0 spiro atoms. The Kier molecular flexibility index (Phi) is 7.01. The number of hydrogen-bond acceptors (Lipinski definition) is 3. The smallest absolute Gasteiger partial charge is 0.253 e. The van der Waals surface area contributed by atoms with Crippen molar-refractivity contribution in [2.45, 2.75) is 31.1 Å². The lowest BCUT2D eigenvalue weighted by atomic mass is 10.1. The average Bonchev–Trinajstić information content (AvgIpc) is 2.57. The van der Waals surface area contributed by atoms with Crippen molar-refractivity contribution >= 4 is 23.4 Å². The number of amides is 1. The maximum absolute atomic E-state index is 12.3. The Morgan fingerprint density at radius 2 is 1.96 bits per heavy atom. The number of unbranched alkanes of at least 4 members (excludes halogenated alkanes) is 1. The first kappa shape index (κ1) is 17.4. The number of hydrogen-bond donors (Lipinski definition) is 2. The van der Waals surface area contributed by atoms with E-state index in [-0.39, 0.29) is 5.91 Å². The summed E-state index contributed by atoms with van der Waals surface area (Å²) in [7, 11) is 0. The Hall–Kier alpha value is -1.94. The van der Waals surface area contributed by atoms with Gasteiger partial charge in [-0.3, -0.25) is 4.79 Å². The molecule has 0 radical (unpaired) electrons. The number of benzene rings is 2. The van der Waals surface area contributed by atoms with Gasteiger partial charge in [-0.05, 0) is 42.4 Å². The van der Waals surface area contributed by atoms with E-state index in [4.69, 9.17) is 5.73 Å². The van der Waals surface area contributed by atoms with Crippen molar-refractivity contribution in [3.8, 4) is 0 Å². The number of nitrogens with two attached hydrogens (primary N) is 1. The van der Waals surface area contributed by atoms with Gasteiger partial charge in [0.2, 0.25) is 0 Å². The van der Waals surface area contributed by atoms with Crippen LogP contribution in [0.3, 0.4) is 0 Å². The highest BCUT2D eigenvalue weighted by Gasteiger charge is 2.10. The first-order valence-electron chi connectivity index (χ1n) is 8.05. The zero-order valence-corrected chi connectivity index (χ0v) is 14.4. The van der Waals surface area contributed by atoms with Crippen molar-refractivity contribution in [3.05, 3.63) is 59.7 Å². The Labute approximate surface area is 142 Å². The number of thioether (sulfide) groups is 1. The van der Waals surface area contributed by atoms with Crippen LogP contribution in [0, 0.1) is 0 Å². The third-order valence-electron chi connectivity index (χ3n) is 3.58. The molecule has 1 amide bonds. The predicted octanol–water partition coefficient (Wildman–Crippen LogP) is 4.13. The van der Waals surface area contributed by atoms with E-state index in [0.29, 0.717) is 17.8 Å².